The number of allylic oxidation sites excluding steroid dienone is 1. The highest BCUT2D eigenvalue weighted by molar-refractivity contribution is 7.80. The second-order valence-corrected chi connectivity index (χ2v) is 8.39. The van der Waals surface area contributed by atoms with Crippen LogP contribution in [-0.2, 0) is 0 Å². The van der Waals surface area contributed by atoms with E-state index in [0.29, 0.717) is 29.0 Å². The van der Waals surface area contributed by atoms with Crippen LogP contribution in [-0.4, -0.2) is 28.8 Å². The Morgan fingerprint density at radius 1 is 1.06 bits per heavy atom. The van der Waals surface area contributed by atoms with Gasteiger partial charge in [0.25, 0.3) is 0 Å². The summed E-state index contributed by atoms with van der Waals surface area (Å²) in [6, 6.07) is 9.92. The lowest BCUT2D eigenvalue weighted by atomic mass is 10.0. The molecule has 3 aromatic rings. The molecule has 0 unspecified atom stereocenters. The summed E-state index contributed by atoms with van der Waals surface area (Å²) in [5, 5.41) is 7.79. The smallest absolute Gasteiger partial charge is 0.176 e. The van der Waals surface area contributed by atoms with Gasteiger partial charge in [0.2, 0.25) is 0 Å². The van der Waals surface area contributed by atoms with Gasteiger partial charge in [0.05, 0.1) is 12.6 Å². The Bertz CT molecular complexity index is 1160. The number of thiocarbonyl (C=S) groups is 1. The third kappa shape index (κ3) is 4.99. The fourth-order valence-electron chi connectivity index (χ4n) is 3.91. The van der Waals surface area contributed by atoms with E-state index < -0.39 is 0 Å². The minimum atomic E-state index is 0.466. The third-order valence-electron chi connectivity index (χ3n) is 5.67. The van der Waals surface area contributed by atoms with Crippen molar-refractivity contribution < 1.29 is 9.47 Å². The minimum absolute atomic E-state index is 0.466. The second kappa shape index (κ2) is 9.96. The molecule has 32 heavy (non-hydrogen) atoms. The molecule has 1 aromatic heterocycles. The average Bonchev–Trinajstić information content (AvgIpc) is 2.80. The van der Waals surface area contributed by atoms with E-state index >= 15 is 0 Å². The molecule has 2 aromatic carbocycles. The largest absolute Gasteiger partial charge is 0.493 e. The Balaban J connectivity index is 1.58. The maximum Gasteiger partial charge on any atom is 0.176 e. The number of nitrogens with one attached hydrogen (secondary N) is 2. The zero-order valence-corrected chi connectivity index (χ0v) is 19.5. The molecule has 2 N–H and O–H groups in total. The molecule has 1 aliphatic carbocycles. The minimum Gasteiger partial charge on any atom is -0.493 e. The predicted molar refractivity (Wildman–Crippen MR) is 134 cm³/mol. The van der Waals surface area contributed by atoms with E-state index in [1.54, 1.807) is 7.11 Å². The number of para-hydroxylation sites is 1. The van der Waals surface area contributed by atoms with Crippen molar-refractivity contribution in [2.24, 2.45) is 0 Å². The van der Waals surface area contributed by atoms with Gasteiger partial charge in [-0.15, -0.1) is 0 Å². The highest BCUT2D eigenvalue weighted by Gasteiger charge is 2.14. The first kappa shape index (κ1) is 22.0. The lowest BCUT2D eigenvalue weighted by Crippen LogP contribution is -2.21. The summed E-state index contributed by atoms with van der Waals surface area (Å²) < 4.78 is 11.7. The molecule has 0 spiro atoms. The molecule has 1 heterocycles. The predicted octanol–water partition coefficient (Wildman–Crippen LogP) is 5.94. The quantitative estimate of drug-likeness (QED) is 0.357. The highest BCUT2D eigenvalue weighted by Crippen LogP contribution is 2.34. The van der Waals surface area contributed by atoms with Crippen LogP contribution >= 0.6 is 12.2 Å². The fourth-order valence-corrected chi connectivity index (χ4v) is 4.10. The van der Waals surface area contributed by atoms with Crippen LogP contribution < -0.4 is 20.1 Å². The first-order valence-electron chi connectivity index (χ1n) is 10.8. The van der Waals surface area contributed by atoms with E-state index in [9.17, 15) is 0 Å². The van der Waals surface area contributed by atoms with Crippen LogP contribution in [0.4, 0.5) is 11.5 Å². The van der Waals surface area contributed by atoms with Gasteiger partial charge in [-0.1, -0.05) is 24.3 Å². The lowest BCUT2D eigenvalue weighted by molar-refractivity contribution is 0.314. The van der Waals surface area contributed by atoms with E-state index in [2.05, 4.69) is 52.7 Å². The van der Waals surface area contributed by atoms with E-state index in [-0.39, 0.29) is 0 Å². The molecule has 0 aliphatic heterocycles. The number of ether oxygens (including phenoxy) is 2. The Labute approximate surface area is 194 Å². The maximum absolute atomic E-state index is 6.14. The van der Waals surface area contributed by atoms with E-state index in [0.717, 1.165) is 40.6 Å². The van der Waals surface area contributed by atoms with Crippen LogP contribution in [0.2, 0.25) is 0 Å². The summed E-state index contributed by atoms with van der Waals surface area (Å²) in [5.74, 6) is 1.93. The van der Waals surface area contributed by atoms with Crippen LogP contribution in [0.5, 0.6) is 11.5 Å². The monoisotopic (exact) mass is 448 g/mol. The van der Waals surface area contributed by atoms with Crippen molar-refractivity contribution >= 4 is 39.7 Å². The van der Waals surface area contributed by atoms with Gasteiger partial charge in [0.1, 0.15) is 18.8 Å². The Kier molecular flexibility index (Phi) is 6.85. The number of methoxy groups -OCH3 is 1. The zero-order valence-electron chi connectivity index (χ0n) is 18.7. The van der Waals surface area contributed by atoms with Crippen molar-refractivity contribution in [1.29, 1.82) is 0 Å². The van der Waals surface area contributed by atoms with Crippen molar-refractivity contribution in [2.75, 3.05) is 24.4 Å². The standard InChI is InChI=1S/C25H28N4O2S/c1-16-8-7-9-17(2)23(16)28-25(32)29-24-19-12-22(31-14-18-10-5-4-6-11-18)21(30-3)13-20(19)26-15-27-24/h7-10,12-13,15H,4-6,11,14H2,1-3H3,(H2,26,27,28,29,32). The number of benzene rings is 2. The average molecular weight is 449 g/mol. The summed E-state index contributed by atoms with van der Waals surface area (Å²) >= 11 is 5.57. The van der Waals surface area contributed by atoms with Gasteiger partial charge in [-0.05, 0) is 74.5 Å². The number of hydrogen-bond donors (Lipinski definition) is 2. The molecule has 166 valence electrons. The normalized spacial score (nSPS) is 13.4. The molecule has 0 amide bonds. The molecule has 0 saturated carbocycles. The number of nitrogens with zero attached hydrogens (tertiary/aromatic N) is 2. The summed E-state index contributed by atoms with van der Waals surface area (Å²) in [4.78, 5) is 8.82. The Morgan fingerprint density at radius 2 is 1.88 bits per heavy atom. The van der Waals surface area contributed by atoms with Crippen molar-refractivity contribution in [1.82, 2.24) is 9.97 Å². The third-order valence-corrected chi connectivity index (χ3v) is 5.87. The van der Waals surface area contributed by atoms with Crippen LogP contribution in [0, 0.1) is 13.8 Å². The van der Waals surface area contributed by atoms with Gasteiger partial charge in [-0.25, -0.2) is 9.97 Å². The summed E-state index contributed by atoms with van der Waals surface area (Å²) in [7, 11) is 1.64. The molecule has 7 heteroatoms. The number of aryl methyl sites for hydroxylation is 2. The molecule has 6 nitrogen and oxygen atoms in total. The number of fused-ring (bicyclic) bond motifs is 1. The fraction of sp³-hybridized carbons (Fsp3) is 0.320. The van der Waals surface area contributed by atoms with Gasteiger partial charge >= 0.3 is 0 Å². The van der Waals surface area contributed by atoms with Crippen LogP contribution in [0.15, 0.2) is 48.3 Å². The van der Waals surface area contributed by atoms with Gasteiger partial charge in [0.15, 0.2) is 16.6 Å². The molecule has 1 aliphatic rings. The van der Waals surface area contributed by atoms with Crippen LogP contribution in [0.25, 0.3) is 10.9 Å². The van der Waals surface area contributed by atoms with E-state index in [4.69, 9.17) is 21.7 Å². The molecule has 0 fully saturated rings. The molecule has 4 rings (SSSR count). The van der Waals surface area contributed by atoms with Gasteiger partial charge in [-0.2, -0.15) is 0 Å². The molecule has 0 radical (unpaired) electrons. The topological polar surface area (TPSA) is 68.3 Å². The van der Waals surface area contributed by atoms with Crippen LogP contribution in [0.3, 0.4) is 0 Å². The summed E-state index contributed by atoms with van der Waals surface area (Å²) in [6.07, 6.45) is 8.48. The van der Waals surface area contributed by atoms with Crippen molar-refractivity contribution in [2.45, 2.75) is 39.5 Å². The first-order valence-corrected chi connectivity index (χ1v) is 11.2. The maximum atomic E-state index is 6.14. The second-order valence-electron chi connectivity index (χ2n) is 7.99. The van der Waals surface area contributed by atoms with Gasteiger partial charge in [-0.3, -0.25) is 0 Å². The number of anilines is 2. The van der Waals surface area contributed by atoms with Gasteiger partial charge in [0, 0.05) is 17.1 Å². The molecule has 0 saturated heterocycles. The van der Waals surface area contributed by atoms with Gasteiger partial charge < -0.3 is 20.1 Å². The lowest BCUT2D eigenvalue weighted by Gasteiger charge is -2.17. The molecular weight excluding hydrogens is 420 g/mol. The van der Waals surface area contributed by atoms with Crippen LogP contribution in [0.1, 0.15) is 36.8 Å². The Morgan fingerprint density at radius 3 is 2.59 bits per heavy atom. The van der Waals surface area contributed by atoms with Crippen molar-refractivity contribution in [3.8, 4) is 11.5 Å². The molecule has 0 atom stereocenters. The zero-order chi connectivity index (χ0) is 22.5. The van der Waals surface area contributed by atoms with Crippen molar-refractivity contribution in [3.05, 3.63) is 59.4 Å². The number of aromatic nitrogens is 2. The Hall–Kier alpha value is -3.19. The molecular formula is C25H28N4O2S. The molecule has 0 bridgehead atoms. The SMILES string of the molecule is COc1cc2ncnc(NC(=S)Nc3c(C)cccc3C)c2cc1OCC1=CCCCC1. The summed E-state index contributed by atoms with van der Waals surface area (Å²) in [5.41, 5.74) is 5.33. The summed E-state index contributed by atoms with van der Waals surface area (Å²) in [6.45, 7) is 4.66. The van der Waals surface area contributed by atoms with E-state index in [1.807, 2.05) is 18.2 Å². The van der Waals surface area contributed by atoms with Crippen molar-refractivity contribution in [3.63, 3.8) is 0 Å². The van der Waals surface area contributed by atoms with E-state index in [1.165, 1.54) is 24.7 Å². The first-order chi connectivity index (χ1) is 15.5. The number of rotatable bonds is 6. The number of hydrogen-bond acceptors (Lipinski definition) is 5. The highest BCUT2D eigenvalue weighted by atomic mass is 32.1.